The molecule has 0 aliphatic heterocycles. The maximum atomic E-state index is 10.9. The van der Waals surface area contributed by atoms with Crippen LogP contribution in [-0.2, 0) is 5.88 Å². The second-order valence-electron chi connectivity index (χ2n) is 1.97. The van der Waals surface area contributed by atoms with Crippen molar-refractivity contribution in [2.75, 3.05) is 0 Å². The van der Waals surface area contributed by atoms with Crippen molar-refractivity contribution in [3.05, 3.63) is 36.3 Å². The zero-order valence-electron chi connectivity index (χ0n) is 5.84. The highest BCUT2D eigenvalue weighted by Gasteiger charge is 2.05. The molecule has 2 nitrogen and oxygen atoms in total. The topological polar surface area (TPSA) is 30.2 Å². The zero-order chi connectivity index (χ0) is 8.27. The molecule has 0 saturated heterocycles. The van der Waals surface area contributed by atoms with E-state index < -0.39 is 0 Å². The standard InChI is InChI=1S/C8H7ClO2/c1-2-7(10)8-4-3-6(5-9)11-8/h2-4H,1,5H2. The molecule has 1 rings (SSSR count). The van der Waals surface area contributed by atoms with E-state index in [-0.39, 0.29) is 17.4 Å². The highest BCUT2D eigenvalue weighted by molar-refractivity contribution is 6.16. The Labute approximate surface area is 69.5 Å². The number of carbonyl (C=O) groups excluding carboxylic acids is 1. The van der Waals surface area contributed by atoms with E-state index in [1.807, 2.05) is 0 Å². The molecule has 1 heterocycles. The van der Waals surface area contributed by atoms with Crippen molar-refractivity contribution in [3.8, 4) is 0 Å². The molecule has 0 saturated carbocycles. The van der Waals surface area contributed by atoms with Crippen LogP contribution in [-0.4, -0.2) is 5.78 Å². The minimum Gasteiger partial charge on any atom is -0.456 e. The fourth-order valence-electron chi connectivity index (χ4n) is 0.683. The fraction of sp³-hybridized carbons (Fsp3) is 0.125. The molecule has 0 N–H and O–H groups in total. The molecule has 0 bridgehead atoms. The Kier molecular flexibility index (Phi) is 2.49. The summed E-state index contributed by atoms with van der Waals surface area (Å²) in [4.78, 5) is 10.9. The first-order valence-corrected chi connectivity index (χ1v) is 3.63. The van der Waals surface area contributed by atoms with Gasteiger partial charge in [-0.15, -0.1) is 11.6 Å². The summed E-state index contributed by atoms with van der Waals surface area (Å²) in [6.07, 6.45) is 1.21. The van der Waals surface area contributed by atoms with Crippen molar-refractivity contribution in [1.29, 1.82) is 0 Å². The Morgan fingerprint density at radius 2 is 2.45 bits per heavy atom. The van der Waals surface area contributed by atoms with Gasteiger partial charge in [0.2, 0.25) is 5.78 Å². The first-order chi connectivity index (χ1) is 5.27. The molecule has 0 fully saturated rings. The summed E-state index contributed by atoms with van der Waals surface area (Å²) in [7, 11) is 0. The van der Waals surface area contributed by atoms with Gasteiger partial charge in [0.15, 0.2) is 5.76 Å². The predicted molar refractivity (Wildman–Crippen MR) is 42.8 cm³/mol. The number of alkyl halides is 1. The van der Waals surface area contributed by atoms with Gasteiger partial charge in [-0.1, -0.05) is 6.58 Å². The highest BCUT2D eigenvalue weighted by atomic mass is 35.5. The molecule has 58 valence electrons. The lowest BCUT2D eigenvalue weighted by molar-refractivity contribution is 0.102. The van der Waals surface area contributed by atoms with Gasteiger partial charge in [0, 0.05) is 0 Å². The van der Waals surface area contributed by atoms with Crippen LogP contribution in [0.25, 0.3) is 0 Å². The van der Waals surface area contributed by atoms with E-state index in [0.29, 0.717) is 5.76 Å². The lowest BCUT2D eigenvalue weighted by atomic mass is 10.3. The van der Waals surface area contributed by atoms with Crippen LogP contribution in [0.5, 0.6) is 0 Å². The molecule has 0 aromatic carbocycles. The second kappa shape index (κ2) is 3.39. The molecule has 11 heavy (non-hydrogen) atoms. The number of ketones is 1. The lowest BCUT2D eigenvalue weighted by Crippen LogP contribution is -1.88. The number of halogens is 1. The SMILES string of the molecule is C=CC(=O)c1ccc(CCl)o1. The van der Waals surface area contributed by atoms with Crippen LogP contribution in [0.3, 0.4) is 0 Å². The lowest BCUT2D eigenvalue weighted by Gasteiger charge is -1.86. The number of carbonyl (C=O) groups is 1. The Balaban J connectivity index is 2.88. The number of rotatable bonds is 3. The molecule has 0 aliphatic rings. The molecule has 1 aromatic rings. The van der Waals surface area contributed by atoms with E-state index in [9.17, 15) is 4.79 Å². The summed E-state index contributed by atoms with van der Waals surface area (Å²) in [6, 6.07) is 3.26. The quantitative estimate of drug-likeness (QED) is 0.396. The van der Waals surface area contributed by atoms with Gasteiger partial charge in [0.25, 0.3) is 0 Å². The van der Waals surface area contributed by atoms with Crippen molar-refractivity contribution in [1.82, 2.24) is 0 Å². The summed E-state index contributed by atoms with van der Waals surface area (Å²) in [5, 5.41) is 0. The van der Waals surface area contributed by atoms with Crippen molar-refractivity contribution in [2.24, 2.45) is 0 Å². The van der Waals surface area contributed by atoms with Gasteiger partial charge in [-0.05, 0) is 18.2 Å². The Bertz CT molecular complexity index is 275. The van der Waals surface area contributed by atoms with Crippen molar-refractivity contribution in [2.45, 2.75) is 5.88 Å². The summed E-state index contributed by atoms with van der Waals surface area (Å²) >= 11 is 5.46. The summed E-state index contributed by atoms with van der Waals surface area (Å²) in [6.45, 7) is 3.33. The molecular weight excluding hydrogens is 164 g/mol. The van der Waals surface area contributed by atoms with Crippen molar-refractivity contribution >= 4 is 17.4 Å². The van der Waals surface area contributed by atoms with E-state index in [2.05, 4.69) is 6.58 Å². The minimum absolute atomic E-state index is 0.221. The third-order valence-corrected chi connectivity index (χ3v) is 1.49. The maximum Gasteiger partial charge on any atom is 0.220 e. The van der Waals surface area contributed by atoms with Gasteiger partial charge in [-0.3, -0.25) is 4.79 Å². The van der Waals surface area contributed by atoms with E-state index in [0.717, 1.165) is 0 Å². The molecule has 0 atom stereocenters. The fourth-order valence-corrected chi connectivity index (χ4v) is 0.826. The Morgan fingerprint density at radius 3 is 2.91 bits per heavy atom. The summed E-state index contributed by atoms with van der Waals surface area (Å²) in [5.41, 5.74) is 0. The first kappa shape index (κ1) is 8.08. The van der Waals surface area contributed by atoms with Crippen LogP contribution in [0.4, 0.5) is 0 Å². The van der Waals surface area contributed by atoms with Gasteiger partial charge in [0.1, 0.15) is 5.76 Å². The first-order valence-electron chi connectivity index (χ1n) is 3.09. The van der Waals surface area contributed by atoms with Crippen LogP contribution in [0.15, 0.2) is 29.2 Å². The average Bonchev–Trinajstić information content (AvgIpc) is 2.50. The summed E-state index contributed by atoms with van der Waals surface area (Å²) in [5.74, 6) is 0.943. The largest absolute Gasteiger partial charge is 0.456 e. The van der Waals surface area contributed by atoms with Gasteiger partial charge in [-0.2, -0.15) is 0 Å². The molecule has 0 unspecified atom stereocenters. The summed E-state index contributed by atoms with van der Waals surface area (Å²) < 4.78 is 5.03. The third kappa shape index (κ3) is 1.71. The van der Waals surface area contributed by atoms with E-state index >= 15 is 0 Å². The highest BCUT2D eigenvalue weighted by Crippen LogP contribution is 2.10. The van der Waals surface area contributed by atoms with Crippen LogP contribution in [0.2, 0.25) is 0 Å². The molecule has 1 aromatic heterocycles. The number of allylic oxidation sites excluding steroid dienone is 1. The molecule has 0 spiro atoms. The van der Waals surface area contributed by atoms with Crippen LogP contribution in [0, 0.1) is 0 Å². The molecule has 0 radical (unpaired) electrons. The van der Waals surface area contributed by atoms with Crippen molar-refractivity contribution < 1.29 is 9.21 Å². The van der Waals surface area contributed by atoms with Gasteiger partial charge in [-0.25, -0.2) is 0 Å². The number of furan rings is 1. The molecular formula is C8H7ClO2. The van der Waals surface area contributed by atoms with E-state index in [1.54, 1.807) is 12.1 Å². The van der Waals surface area contributed by atoms with Crippen LogP contribution >= 0.6 is 11.6 Å². The van der Waals surface area contributed by atoms with E-state index in [1.165, 1.54) is 6.08 Å². The number of hydrogen-bond donors (Lipinski definition) is 0. The predicted octanol–water partition coefficient (Wildman–Crippen LogP) is 2.39. The molecule has 0 aliphatic carbocycles. The van der Waals surface area contributed by atoms with Crippen LogP contribution < -0.4 is 0 Å². The molecule has 3 heteroatoms. The maximum absolute atomic E-state index is 10.9. The third-order valence-electron chi connectivity index (χ3n) is 1.22. The van der Waals surface area contributed by atoms with Crippen LogP contribution in [0.1, 0.15) is 16.3 Å². The van der Waals surface area contributed by atoms with Crippen molar-refractivity contribution in [3.63, 3.8) is 0 Å². The minimum atomic E-state index is -0.221. The van der Waals surface area contributed by atoms with Gasteiger partial charge < -0.3 is 4.42 Å². The van der Waals surface area contributed by atoms with Gasteiger partial charge >= 0.3 is 0 Å². The smallest absolute Gasteiger partial charge is 0.220 e. The Morgan fingerprint density at radius 1 is 1.73 bits per heavy atom. The normalized spacial score (nSPS) is 9.55. The van der Waals surface area contributed by atoms with Gasteiger partial charge in [0.05, 0.1) is 5.88 Å². The Hall–Kier alpha value is -1.02. The average molecular weight is 171 g/mol. The number of hydrogen-bond acceptors (Lipinski definition) is 2. The second-order valence-corrected chi connectivity index (χ2v) is 2.24. The molecule has 0 amide bonds. The monoisotopic (exact) mass is 170 g/mol. The van der Waals surface area contributed by atoms with E-state index in [4.69, 9.17) is 16.0 Å². The zero-order valence-corrected chi connectivity index (χ0v) is 6.60.